The van der Waals surface area contributed by atoms with Crippen LogP contribution >= 0.6 is 0 Å². The average molecular weight is 271 g/mol. The van der Waals surface area contributed by atoms with Gasteiger partial charge in [0.1, 0.15) is 5.58 Å². The molecule has 2 aromatic rings. The van der Waals surface area contributed by atoms with Crippen molar-refractivity contribution in [3.8, 4) is 0 Å². The monoisotopic (exact) mass is 271 g/mol. The van der Waals surface area contributed by atoms with Crippen molar-refractivity contribution >= 4 is 11.0 Å². The van der Waals surface area contributed by atoms with Crippen LogP contribution in [0.2, 0.25) is 0 Å². The van der Waals surface area contributed by atoms with E-state index in [0.717, 1.165) is 17.9 Å². The molecule has 0 unspecified atom stereocenters. The first-order valence-corrected chi connectivity index (χ1v) is 8.04. The van der Waals surface area contributed by atoms with Crippen molar-refractivity contribution in [1.29, 1.82) is 0 Å². The Morgan fingerprint density at radius 2 is 2.00 bits per heavy atom. The molecule has 2 heteroatoms. The molecule has 1 aliphatic heterocycles. The first-order chi connectivity index (χ1) is 9.86. The highest BCUT2D eigenvalue weighted by molar-refractivity contribution is 5.80. The molecule has 0 atom stereocenters. The van der Waals surface area contributed by atoms with Gasteiger partial charge in [0.15, 0.2) is 0 Å². The van der Waals surface area contributed by atoms with Gasteiger partial charge in [0.05, 0.1) is 6.26 Å². The van der Waals surface area contributed by atoms with E-state index in [9.17, 15) is 0 Å². The third-order valence-electron chi connectivity index (χ3n) is 4.77. The van der Waals surface area contributed by atoms with Crippen molar-refractivity contribution in [3.05, 3.63) is 36.1 Å². The predicted molar refractivity (Wildman–Crippen MR) is 84.0 cm³/mol. The summed E-state index contributed by atoms with van der Waals surface area (Å²) in [4.78, 5) is 2.63. The lowest BCUT2D eigenvalue weighted by Crippen LogP contribution is -2.34. The van der Waals surface area contributed by atoms with Gasteiger partial charge in [-0.2, -0.15) is 0 Å². The van der Waals surface area contributed by atoms with Crippen molar-refractivity contribution in [3.63, 3.8) is 0 Å². The summed E-state index contributed by atoms with van der Waals surface area (Å²) in [7, 11) is 0. The lowest BCUT2D eigenvalue weighted by molar-refractivity contribution is 0.180. The molecular weight excluding hydrogens is 246 g/mol. The maximum atomic E-state index is 5.61. The number of nitrogens with zero attached hydrogens (tertiary/aromatic N) is 1. The van der Waals surface area contributed by atoms with Crippen molar-refractivity contribution in [1.82, 2.24) is 4.90 Å². The minimum atomic E-state index is 0.976. The van der Waals surface area contributed by atoms with Gasteiger partial charge in [-0.3, -0.25) is 0 Å². The van der Waals surface area contributed by atoms with Crippen LogP contribution in [0.1, 0.15) is 38.2 Å². The molecule has 1 aromatic heterocycles. The quantitative estimate of drug-likeness (QED) is 0.796. The summed E-state index contributed by atoms with van der Waals surface area (Å²) in [5, 5.41) is 1.29. The average Bonchev–Trinajstić information content (AvgIpc) is 2.92. The molecule has 0 amide bonds. The predicted octanol–water partition coefficient (Wildman–Crippen LogP) is 4.49. The molecule has 0 spiro atoms. The van der Waals surface area contributed by atoms with E-state index in [1.165, 1.54) is 56.3 Å². The molecule has 20 heavy (non-hydrogen) atoms. The van der Waals surface area contributed by atoms with Gasteiger partial charge in [0.2, 0.25) is 0 Å². The van der Waals surface area contributed by atoms with E-state index < -0.39 is 0 Å². The smallest absolute Gasteiger partial charge is 0.134 e. The van der Waals surface area contributed by atoms with Crippen LogP contribution in [-0.4, -0.2) is 24.5 Å². The molecule has 108 valence electrons. The van der Waals surface area contributed by atoms with Gasteiger partial charge in [-0.25, -0.2) is 0 Å². The summed E-state index contributed by atoms with van der Waals surface area (Å²) in [6.45, 7) is 6.15. The van der Waals surface area contributed by atoms with Crippen LogP contribution in [0.4, 0.5) is 0 Å². The Morgan fingerprint density at radius 1 is 1.20 bits per heavy atom. The van der Waals surface area contributed by atoms with E-state index in [4.69, 9.17) is 4.42 Å². The molecule has 2 heterocycles. The molecule has 1 saturated heterocycles. The second-order valence-corrected chi connectivity index (χ2v) is 6.05. The highest BCUT2D eigenvalue weighted by Gasteiger charge is 2.17. The number of fused-ring (bicyclic) bond motifs is 1. The first kappa shape index (κ1) is 13.7. The largest absolute Gasteiger partial charge is 0.464 e. The van der Waals surface area contributed by atoms with Crippen LogP contribution in [0.25, 0.3) is 11.0 Å². The minimum absolute atomic E-state index is 0.976. The van der Waals surface area contributed by atoms with Crippen LogP contribution < -0.4 is 0 Å². The molecule has 0 saturated carbocycles. The summed E-state index contributed by atoms with van der Waals surface area (Å²) in [6, 6.07) is 8.35. The summed E-state index contributed by atoms with van der Waals surface area (Å²) in [5.41, 5.74) is 2.38. The van der Waals surface area contributed by atoms with Crippen LogP contribution in [-0.2, 0) is 6.42 Å². The number of benzene rings is 1. The van der Waals surface area contributed by atoms with Crippen LogP contribution in [0, 0.1) is 5.92 Å². The highest BCUT2D eigenvalue weighted by Crippen LogP contribution is 2.23. The van der Waals surface area contributed by atoms with E-state index in [1.807, 2.05) is 18.4 Å². The van der Waals surface area contributed by atoms with Crippen molar-refractivity contribution in [2.45, 2.75) is 39.0 Å². The first-order valence-electron chi connectivity index (χ1n) is 8.04. The van der Waals surface area contributed by atoms with Crippen molar-refractivity contribution in [2.75, 3.05) is 19.6 Å². The van der Waals surface area contributed by atoms with Crippen LogP contribution in [0.5, 0.6) is 0 Å². The number of para-hydroxylation sites is 1. The lowest BCUT2D eigenvalue weighted by atomic mass is 9.94. The minimum Gasteiger partial charge on any atom is -0.464 e. The van der Waals surface area contributed by atoms with Crippen LogP contribution in [0.3, 0.4) is 0 Å². The fraction of sp³-hybridized carbons (Fsp3) is 0.556. The number of piperidine rings is 1. The van der Waals surface area contributed by atoms with E-state index in [1.54, 1.807) is 0 Å². The zero-order valence-corrected chi connectivity index (χ0v) is 12.5. The fourth-order valence-electron chi connectivity index (χ4n) is 3.34. The van der Waals surface area contributed by atoms with Gasteiger partial charge in [0.25, 0.3) is 0 Å². The molecule has 1 aliphatic rings. The number of hydrogen-bond donors (Lipinski definition) is 0. The van der Waals surface area contributed by atoms with Crippen molar-refractivity contribution in [2.24, 2.45) is 5.92 Å². The molecule has 3 rings (SSSR count). The second-order valence-electron chi connectivity index (χ2n) is 6.05. The number of hydrogen-bond acceptors (Lipinski definition) is 2. The normalized spacial score (nSPS) is 17.9. The van der Waals surface area contributed by atoms with Gasteiger partial charge in [-0.05, 0) is 62.9 Å². The van der Waals surface area contributed by atoms with Gasteiger partial charge in [0, 0.05) is 5.39 Å². The Balaban J connectivity index is 1.48. The molecule has 0 aliphatic carbocycles. The third kappa shape index (κ3) is 3.06. The van der Waals surface area contributed by atoms with Gasteiger partial charge in [-0.1, -0.05) is 31.5 Å². The second kappa shape index (κ2) is 6.45. The molecule has 1 aromatic carbocycles. The number of rotatable bonds is 5. The van der Waals surface area contributed by atoms with Crippen molar-refractivity contribution < 1.29 is 4.42 Å². The SMILES string of the molecule is CCC1CCN(CCCc2coc3ccccc23)CC1. The Kier molecular flexibility index (Phi) is 4.41. The van der Waals surface area contributed by atoms with E-state index >= 15 is 0 Å². The fourth-order valence-corrected chi connectivity index (χ4v) is 3.34. The summed E-state index contributed by atoms with van der Waals surface area (Å²) in [6.07, 6.45) is 8.45. The molecular formula is C18H25NO. The molecule has 0 bridgehead atoms. The zero-order chi connectivity index (χ0) is 13.8. The Hall–Kier alpha value is -1.28. The number of likely N-dealkylation sites (tertiary alicyclic amines) is 1. The van der Waals surface area contributed by atoms with Gasteiger partial charge >= 0.3 is 0 Å². The third-order valence-corrected chi connectivity index (χ3v) is 4.77. The van der Waals surface area contributed by atoms with Gasteiger partial charge in [-0.15, -0.1) is 0 Å². The summed E-state index contributed by atoms with van der Waals surface area (Å²) < 4.78 is 5.61. The highest BCUT2D eigenvalue weighted by atomic mass is 16.3. The molecule has 1 fully saturated rings. The Morgan fingerprint density at radius 3 is 2.80 bits per heavy atom. The standard InChI is InChI=1S/C18H25NO/c1-2-15-9-12-19(13-10-15)11-5-6-16-14-20-18-8-4-3-7-17(16)18/h3-4,7-8,14-15H,2,5-6,9-13H2,1H3. The van der Waals surface area contributed by atoms with E-state index in [0.29, 0.717) is 0 Å². The number of furan rings is 1. The Bertz CT molecular complexity index is 537. The molecule has 2 nitrogen and oxygen atoms in total. The topological polar surface area (TPSA) is 16.4 Å². The van der Waals surface area contributed by atoms with E-state index in [2.05, 4.69) is 24.0 Å². The molecule has 0 radical (unpaired) electrons. The number of aryl methyl sites for hydroxylation is 1. The maximum Gasteiger partial charge on any atom is 0.134 e. The summed E-state index contributed by atoms with van der Waals surface area (Å²) in [5.74, 6) is 0.976. The lowest BCUT2D eigenvalue weighted by Gasteiger charge is -2.31. The zero-order valence-electron chi connectivity index (χ0n) is 12.5. The summed E-state index contributed by atoms with van der Waals surface area (Å²) >= 11 is 0. The van der Waals surface area contributed by atoms with Crippen LogP contribution in [0.15, 0.2) is 34.9 Å². The van der Waals surface area contributed by atoms with E-state index in [-0.39, 0.29) is 0 Å². The van der Waals surface area contributed by atoms with Gasteiger partial charge < -0.3 is 9.32 Å². The Labute approximate surface area is 121 Å². The maximum absolute atomic E-state index is 5.61. The molecule has 0 N–H and O–H groups in total.